The van der Waals surface area contributed by atoms with E-state index >= 15 is 0 Å². The molecule has 9 heteroatoms. The molecule has 1 unspecified atom stereocenters. The van der Waals surface area contributed by atoms with Gasteiger partial charge in [0.15, 0.2) is 0 Å². The van der Waals surface area contributed by atoms with Gasteiger partial charge < -0.3 is 16.8 Å². The zero-order chi connectivity index (χ0) is 24.7. The second kappa shape index (κ2) is 11.2. The number of aryl methyl sites for hydroxylation is 1. The summed E-state index contributed by atoms with van der Waals surface area (Å²) in [4.78, 5) is 25.1. The van der Waals surface area contributed by atoms with Crippen molar-refractivity contribution < 1.29 is 18.0 Å². The van der Waals surface area contributed by atoms with Gasteiger partial charge in [0.2, 0.25) is 21.8 Å². The van der Waals surface area contributed by atoms with Crippen molar-refractivity contribution in [2.75, 3.05) is 6.54 Å². The van der Waals surface area contributed by atoms with Crippen molar-refractivity contribution in [3.63, 3.8) is 0 Å². The van der Waals surface area contributed by atoms with Gasteiger partial charge in [-0.2, -0.15) is 4.72 Å². The number of benzene rings is 3. The molecule has 0 heterocycles. The summed E-state index contributed by atoms with van der Waals surface area (Å²) in [5.41, 5.74) is 13.0. The van der Waals surface area contributed by atoms with E-state index in [9.17, 15) is 18.0 Å². The largest absolute Gasteiger partial charge is 0.368 e. The van der Waals surface area contributed by atoms with E-state index in [0.717, 1.165) is 22.9 Å². The first kappa shape index (κ1) is 25.4. The molecule has 6 N–H and O–H groups in total. The zero-order valence-electron chi connectivity index (χ0n) is 19.0. The van der Waals surface area contributed by atoms with Gasteiger partial charge in [0, 0.05) is 11.8 Å². The summed E-state index contributed by atoms with van der Waals surface area (Å²) in [7, 11) is -4.08. The van der Waals surface area contributed by atoms with Crippen LogP contribution >= 0.6 is 0 Å². The van der Waals surface area contributed by atoms with Gasteiger partial charge in [-0.1, -0.05) is 67.6 Å². The Morgan fingerprint density at radius 2 is 1.56 bits per heavy atom. The first-order valence-electron chi connectivity index (χ1n) is 11.1. The zero-order valence-corrected chi connectivity index (χ0v) is 19.8. The van der Waals surface area contributed by atoms with Crippen molar-refractivity contribution in [3.8, 4) is 0 Å². The van der Waals surface area contributed by atoms with Gasteiger partial charge in [-0.05, 0) is 42.0 Å². The molecule has 0 aliphatic rings. The van der Waals surface area contributed by atoms with Crippen molar-refractivity contribution in [1.82, 2.24) is 10.0 Å². The highest BCUT2D eigenvalue weighted by Crippen LogP contribution is 2.27. The summed E-state index contributed by atoms with van der Waals surface area (Å²) < 4.78 is 29.1. The fourth-order valence-corrected chi connectivity index (χ4v) is 5.32. The van der Waals surface area contributed by atoms with Gasteiger partial charge in [-0.3, -0.25) is 9.59 Å². The Hall–Kier alpha value is -3.27. The molecule has 0 saturated heterocycles. The average molecular weight is 483 g/mol. The van der Waals surface area contributed by atoms with Gasteiger partial charge in [-0.25, -0.2) is 8.42 Å². The smallest absolute Gasteiger partial charge is 0.241 e. The number of hydrogen-bond donors (Lipinski definition) is 4. The summed E-state index contributed by atoms with van der Waals surface area (Å²) in [6.07, 6.45) is 0.988. The van der Waals surface area contributed by atoms with Gasteiger partial charge in [0.05, 0.1) is 4.90 Å². The molecule has 0 aliphatic carbocycles. The lowest BCUT2D eigenvalue weighted by Gasteiger charge is -2.22. The Balaban J connectivity index is 1.85. The third-order valence-corrected chi connectivity index (χ3v) is 7.19. The van der Waals surface area contributed by atoms with E-state index < -0.39 is 33.9 Å². The number of hydrogen-bond acceptors (Lipinski definition) is 5. The van der Waals surface area contributed by atoms with E-state index in [0.29, 0.717) is 5.39 Å². The molecule has 0 aliphatic heterocycles. The van der Waals surface area contributed by atoms with Gasteiger partial charge >= 0.3 is 0 Å². The van der Waals surface area contributed by atoms with Crippen molar-refractivity contribution in [3.05, 3.63) is 77.9 Å². The maximum Gasteiger partial charge on any atom is 0.241 e. The molecule has 0 aromatic heterocycles. The lowest BCUT2D eigenvalue weighted by atomic mass is 10.0. The minimum Gasteiger partial charge on any atom is -0.368 e. The van der Waals surface area contributed by atoms with Crippen molar-refractivity contribution in [2.24, 2.45) is 11.5 Å². The highest BCUT2D eigenvalue weighted by Gasteiger charge is 2.29. The number of nitrogens with two attached hydrogens (primary N) is 2. The molecular weight excluding hydrogens is 452 g/mol. The quantitative estimate of drug-likeness (QED) is 0.328. The van der Waals surface area contributed by atoms with Crippen LogP contribution in [0.2, 0.25) is 0 Å². The van der Waals surface area contributed by atoms with Crippen molar-refractivity contribution in [1.29, 1.82) is 0 Å². The van der Waals surface area contributed by atoms with Crippen LogP contribution in [0.25, 0.3) is 10.8 Å². The van der Waals surface area contributed by atoms with Crippen LogP contribution in [0.1, 0.15) is 24.5 Å². The molecule has 0 radical (unpaired) electrons. The molecule has 0 fully saturated rings. The van der Waals surface area contributed by atoms with Crippen LogP contribution in [0, 0.1) is 0 Å². The van der Waals surface area contributed by atoms with E-state index in [-0.39, 0.29) is 24.3 Å². The Kier molecular flexibility index (Phi) is 8.38. The van der Waals surface area contributed by atoms with E-state index in [4.69, 9.17) is 11.5 Å². The van der Waals surface area contributed by atoms with E-state index in [2.05, 4.69) is 10.0 Å². The van der Waals surface area contributed by atoms with Crippen molar-refractivity contribution in [2.45, 2.75) is 43.2 Å². The number of carbonyl (C=O) groups excluding carboxylic acids is 2. The molecule has 180 valence electrons. The molecule has 3 aromatic carbocycles. The molecule has 3 rings (SSSR count). The summed E-state index contributed by atoms with van der Waals surface area (Å²) >= 11 is 0. The standard InChI is InChI=1S/C25H30N4O4S/c1-2-18-12-13-23(20-11-7-6-10-19(18)20)34(32,33)29-21(14-15-26)25(31)28-22(24(27)30)16-17-8-4-3-5-9-17/h3-13,21-22,29H,2,14-16,26H2,1H3,(H2,27,30)(H,28,31)/t21?,22-/m0/s1. The summed E-state index contributed by atoms with van der Waals surface area (Å²) in [6.45, 7) is 2.07. The lowest BCUT2D eigenvalue weighted by molar-refractivity contribution is -0.128. The van der Waals surface area contributed by atoms with Gasteiger partial charge in [-0.15, -0.1) is 0 Å². The molecule has 0 saturated carbocycles. The number of carbonyl (C=O) groups is 2. The van der Waals surface area contributed by atoms with Gasteiger partial charge in [0.1, 0.15) is 12.1 Å². The maximum absolute atomic E-state index is 13.3. The molecule has 2 atom stereocenters. The lowest BCUT2D eigenvalue weighted by Crippen LogP contribution is -2.54. The molecule has 34 heavy (non-hydrogen) atoms. The topological polar surface area (TPSA) is 144 Å². The number of nitrogens with one attached hydrogen (secondary N) is 2. The van der Waals surface area contributed by atoms with Crippen LogP contribution in [0.15, 0.2) is 71.6 Å². The van der Waals surface area contributed by atoms with Gasteiger partial charge in [0.25, 0.3) is 0 Å². The first-order chi connectivity index (χ1) is 16.3. The molecular formula is C25H30N4O4S. The highest BCUT2D eigenvalue weighted by molar-refractivity contribution is 7.89. The third-order valence-electron chi connectivity index (χ3n) is 5.66. The molecule has 0 bridgehead atoms. The Labute approximate surface area is 199 Å². The fraction of sp³-hybridized carbons (Fsp3) is 0.280. The van der Waals surface area contributed by atoms with Crippen LogP contribution in [-0.2, 0) is 32.5 Å². The van der Waals surface area contributed by atoms with E-state index in [1.165, 1.54) is 0 Å². The van der Waals surface area contributed by atoms with Crippen LogP contribution in [0.5, 0.6) is 0 Å². The second-order valence-corrected chi connectivity index (χ2v) is 9.71. The van der Waals surface area contributed by atoms with E-state index in [1.54, 1.807) is 24.3 Å². The maximum atomic E-state index is 13.3. The monoisotopic (exact) mass is 482 g/mol. The van der Waals surface area contributed by atoms with Crippen molar-refractivity contribution >= 4 is 32.6 Å². The Morgan fingerprint density at radius 3 is 2.18 bits per heavy atom. The Bertz CT molecular complexity index is 1260. The SMILES string of the molecule is CCc1ccc(S(=O)(=O)NC(CCN)C(=O)N[C@@H](Cc2ccccc2)C(N)=O)c2ccccc12. The normalized spacial score (nSPS) is 13.4. The van der Waals surface area contributed by atoms with E-state index in [1.807, 2.05) is 49.4 Å². The fourth-order valence-electron chi connectivity index (χ4n) is 3.88. The van der Waals surface area contributed by atoms with Crippen LogP contribution in [-0.4, -0.2) is 38.9 Å². The average Bonchev–Trinajstić information content (AvgIpc) is 2.83. The van der Waals surface area contributed by atoms with Crippen LogP contribution in [0.4, 0.5) is 0 Å². The number of amides is 2. The van der Waals surface area contributed by atoms with Crippen LogP contribution < -0.4 is 21.5 Å². The number of fused-ring (bicyclic) bond motifs is 1. The molecule has 8 nitrogen and oxygen atoms in total. The molecule has 0 spiro atoms. The second-order valence-electron chi connectivity index (χ2n) is 8.03. The third kappa shape index (κ3) is 5.99. The number of primary amides is 1. The minimum atomic E-state index is -4.08. The molecule has 2 amide bonds. The van der Waals surface area contributed by atoms with Crippen LogP contribution in [0.3, 0.4) is 0 Å². The number of rotatable bonds is 11. The first-order valence-corrected chi connectivity index (χ1v) is 12.6. The predicted molar refractivity (Wildman–Crippen MR) is 132 cm³/mol. The molecule has 3 aromatic rings. The minimum absolute atomic E-state index is 0.0485. The summed E-state index contributed by atoms with van der Waals surface area (Å²) in [6, 6.07) is 17.5. The highest BCUT2D eigenvalue weighted by atomic mass is 32.2. The summed E-state index contributed by atoms with van der Waals surface area (Å²) in [5, 5.41) is 3.99. The summed E-state index contributed by atoms with van der Waals surface area (Å²) in [5.74, 6) is -1.38. The predicted octanol–water partition coefficient (Wildman–Crippen LogP) is 1.61. The number of sulfonamides is 1. The Morgan fingerprint density at radius 1 is 0.912 bits per heavy atom.